The number of aliphatic hydroxyl groups is 1. The molecule has 1 unspecified atom stereocenters. The predicted octanol–water partition coefficient (Wildman–Crippen LogP) is 0.917. The van der Waals surface area contributed by atoms with Crippen LogP contribution < -0.4 is 5.73 Å². The molecule has 0 saturated heterocycles. The van der Waals surface area contributed by atoms with E-state index in [0.29, 0.717) is 17.3 Å². The lowest BCUT2D eigenvalue weighted by atomic mass is 10.1. The monoisotopic (exact) mass is 269 g/mol. The minimum atomic E-state index is -0.875. The molecule has 3 N–H and O–H groups in total. The number of rotatable bonds is 1. The summed E-state index contributed by atoms with van der Waals surface area (Å²) in [5.41, 5.74) is 5.32. The molecule has 0 aliphatic carbocycles. The van der Waals surface area contributed by atoms with Gasteiger partial charge in [-0.25, -0.2) is 9.78 Å². The van der Waals surface area contributed by atoms with E-state index in [4.69, 9.17) is 14.9 Å². The molecule has 1 atom stereocenters. The summed E-state index contributed by atoms with van der Waals surface area (Å²) in [6.45, 7) is 5.89. The number of nitrogens with two attached hydrogens (primary N) is 1. The Hall–Kier alpha value is -1.60. The van der Waals surface area contributed by atoms with Crippen LogP contribution in [-0.4, -0.2) is 33.2 Å². The molecular formula is C12H19N3O4. The van der Waals surface area contributed by atoms with Crippen molar-refractivity contribution in [3.05, 3.63) is 17.3 Å². The lowest BCUT2D eigenvalue weighted by molar-refractivity contribution is 0.00540. The van der Waals surface area contributed by atoms with Gasteiger partial charge in [0.25, 0.3) is 0 Å². The van der Waals surface area contributed by atoms with Crippen LogP contribution in [-0.2, 0) is 17.8 Å². The van der Waals surface area contributed by atoms with E-state index in [1.807, 2.05) is 0 Å². The second-order valence-electron chi connectivity index (χ2n) is 5.50. The van der Waals surface area contributed by atoms with Crippen molar-refractivity contribution in [2.75, 3.05) is 6.54 Å². The molecule has 19 heavy (non-hydrogen) atoms. The third-order valence-corrected chi connectivity index (χ3v) is 2.64. The number of hydrogen-bond acceptors (Lipinski definition) is 6. The highest BCUT2D eigenvalue weighted by Crippen LogP contribution is 2.27. The van der Waals surface area contributed by atoms with Gasteiger partial charge in [-0.1, -0.05) is 0 Å². The molecule has 0 spiro atoms. The fraction of sp³-hybridized carbons (Fsp3) is 0.667. The fourth-order valence-electron chi connectivity index (χ4n) is 1.87. The molecule has 7 nitrogen and oxygen atoms in total. The quantitative estimate of drug-likeness (QED) is 0.786. The molecule has 0 radical (unpaired) electrons. The first-order chi connectivity index (χ1) is 8.80. The Bertz CT molecular complexity index is 478. The van der Waals surface area contributed by atoms with Crippen molar-refractivity contribution in [1.29, 1.82) is 0 Å². The summed E-state index contributed by atoms with van der Waals surface area (Å²) >= 11 is 0. The van der Waals surface area contributed by atoms with Gasteiger partial charge in [0.1, 0.15) is 23.2 Å². The molecule has 1 aliphatic heterocycles. The van der Waals surface area contributed by atoms with Crippen LogP contribution in [0.5, 0.6) is 0 Å². The van der Waals surface area contributed by atoms with Crippen LogP contribution in [0.25, 0.3) is 0 Å². The first-order valence-corrected chi connectivity index (χ1v) is 6.14. The molecule has 1 aromatic heterocycles. The molecule has 0 fully saturated rings. The Labute approximate surface area is 111 Å². The molecule has 7 heteroatoms. The molecular weight excluding hydrogens is 250 g/mol. The number of β-amino-alcohol motifs (C(OH)–C–C–N with tert-alkyl or cyclic N) is 1. The summed E-state index contributed by atoms with van der Waals surface area (Å²) in [6, 6.07) is 0. The number of amides is 1. The van der Waals surface area contributed by atoms with E-state index in [1.54, 1.807) is 20.8 Å². The zero-order valence-electron chi connectivity index (χ0n) is 11.3. The normalized spacial score (nSPS) is 19.2. The minimum absolute atomic E-state index is 0.137. The zero-order valence-corrected chi connectivity index (χ0v) is 11.3. The van der Waals surface area contributed by atoms with Crippen LogP contribution in [0.4, 0.5) is 4.79 Å². The Morgan fingerprint density at radius 2 is 2.32 bits per heavy atom. The lowest BCUT2D eigenvalue weighted by Crippen LogP contribution is -2.41. The number of aliphatic hydroxyl groups excluding tert-OH is 1. The maximum atomic E-state index is 12.0. The van der Waals surface area contributed by atoms with Crippen molar-refractivity contribution in [2.45, 2.75) is 45.6 Å². The molecule has 0 saturated carbocycles. The highest BCUT2D eigenvalue weighted by atomic mass is 16.6. The first kappa shape index (κ1) is 13.8. The molecule has 1 amide bonds. The van der Waals surface area contributed by atoms with Gasteiger partial charge in [-0.15, -0.1) is 0 Å². The molecule has 1 aliphatic rings. The fourth-order valence-corrected chi connectivity index (χ4v) is 1.87. The molecule has 0 aromatic carbocycles. The van der Waals surface area contributed by atoms with Gasteiger partial charge in [0.15, 0.2) is 0 Å². The number of hydrogen-bond donors (Lipinski definition) is 2. The standard InChI is InChI=1S/C12H19N3O4/c1-12(2,3)19-11(17)15-5-7(16)10-8(6-15)18-9(4-13)14-10/h7,16H,4-6,13H2,1-3H3. The van der Waals surface area contributed by atoms with Crippen LogP contribution in [0.3, 0.4) is 0 Å². The summed E-state index contributed by atoms with van der Waals surface area (Å²) in [7, 11) is 0. The van der Waals surface area contributed by atoms with Gasteiger partial charge in [-0.05, 0) is 20.8 Å². The van der Waals surface area contributed by atoms with E-state index < -0.39 is 17.8 Å². The van der Waals surface area contributed by atoms with Crippen LogP contribution in [0.2, 0.25) is 0 Å². The Kier molecular flexibility index (Phi) is 3.51. The van der Waals surface area contributed by atoms with Gasteiger partial charge in [-0.2, -0.15) is 0 Å². The van der Waals surface area contributed by atoms with Crippen molar-refractivity contribution in [3.63, 3.8) is 0 Å². The van der Waals surface area contributed by atoms with E-state index >= 15 is 0 Å². The molecule has 1 aromatic rings. The number of aromatic nitrogens is 1. The summed E-state index contributed by atoms with van der Waals surface area (Å²) in [4.78, 5) is 17.4. The van der Waals surface area contributed by atoms with Crippen molar-refractivity contribution in [3.8, 4) is 0 Å². The summed E-state index contributed by atoms with van der Waals surface area (Å²) < 4.78 is 10.7. The van der Waals surface area contributed by atoms with E-state index in [1.165, 1.54) is 4.90 Å². The number of carbonyl (C=O) groups is 1. The maximum absolute atomic E-state index is 12.0. The van der Waals surface area contributed by atoms with Crippen LogP contribution in [0.15, 0.2) is 4.42 Å². The summed E-state index contributed by atoms with van der Waals surface area (Å²) in [5, 5.41) is 9.98. The van der Waals surface area contributed by atoms with E-state index in [2.05, 4.69) is 4.98 Å². The van der Waals surface area contributed by atoms with Crippen LogP contribution >= 0.6 is 0 Å². The second-order valence-corrected chi connectivity index (χ2v) is 5.50. The maximum Gasteiger partial charge on any atom is 0.410 e. The smallest absolute Gasteiger partial charge is 0.410 e. The number of carbonyl (C=O) groups excluding carboxylic acids is 1. The summed E-state index contributed by atoms with van der Waals surface area (Å²) in [5.74, 6) is 0.820. The Morgan fingerprint density at radius 1 is 1.63 bits per heavy atom. The van der Waals surface area contributed by atoms with Gasteiger partial charge in [0.05, 0.1) is 19.6 Å². The number of nitrogens with zero attached hydrogens (tertiary/aromatic N) is 2. The van der Waals surface area contributed by atoms with Crippen molar-refractivity contribution in [2.24, 2.45) is 5.73 Å². The highest BCUT2D eigenvalue weighted by Gasteiger charge is 2.33. The topological polar surface area (TPSA) is 102 Å². The SMILES string of the molecule is CC(C)(C)OC(=O)N1Cc2oc(CN)nc2C(O)C1. The average molecular weight is 269 g/mol. The first-order valence-electron chi connectivity index (χ1n) is 6.14. The summed E-state index contributed by atoms with van der Waals surface area (Å²) in [6.07, 6.45) is -1.36. The van der Waals surface area contributed by atoms with E-state index in [9.17, 15) is 9.90 Å². The largest absolute Gasteiger partial charge is 0.444 e. The van der Waals surface area contributed by atoms with Gasteiger partial charge in [0.2, 0.25) is 5.89 Å². The lowest BCUT2D eigenvalue weighted by Gasteiger charge is -2.30. The second kappa shape index (κ2) is 4.82. The molecule has 106 valence electrons. The Balaban J connectivity index is 2.14. The van der Waals surface area contributed by atoms with Gasteiger partial charge < -0.3 is 20.0 Å². The van der Waals surface area contributed by atoms with Crippen molar-refractivity contribution < 1.29 is 19.1 Å². The van der Waals surface area contributed by atoms with E-state index in [0.717, 1.165) is 0 Å². The van der Waals surface area contributed by atoms with Crippen LogP contribution in [0, 0.1) is 0 Å². The van der Waals surface area contributed by atoms with Crippen LogP contribution in [0.1, 0.15) is 44.2 Å². The molecule has 0 bridgehead atoms. The zero-order chi connectivity index (χ0) is 14.2. The number of ether oxygens (including phenoxy) is 1. The third kappa shape index (κ3) is 3.05. The third-order valence-electron chi connectivity index (χ3n) is 2.64. The number of oxazole rings is 1. The van der Waals surface area contributed by atoms with Gasteiger partial charge in [0, 0.05) is 0 Å². The average Bonchev–Trinajstić information content (AvgIpc) is 2.70. The number of fused-ring (bicyclic) bond motifs is 1. The predicted molar refractivity (Wildman–Crippen MR) is 66.0 cm³/mol. The van der Waals surface area contributed by atoms with E-state index in [-0.39, 0.29) is 19.6 Å². The van der Waals surface area contributed by atoms with Gasteiger partial charge >= 0.3 is 6.09 Å². The molecule has 2 rings (SSSR count). The Morgan fingerprint density at radius 3 is 2.89 bits per heavy atom. The van der Waals surface area contributed by atoms with Crippen molar-refractivity contribution in [1.82, 2.24) is 9.88 Å². The van der Waals surface area contributed by atoms with Crippen molar-refractivity contribution >= 4 is 6.09 Å². The van der Waals surface area contributed by atoms with Gasteiger partial charge in [-0.3, -0.25) is 4.90 Å². The molecule has 2 heterocycles. The highest BCUT2D eigenvalue weighted by molar-refractivity contribution is 5.68. The minimum Gasteiger partial charge on any atom is -0.444 e.